The molecule has 102 valence electrons. The fourth-order valence-corrected chi connectivity index (χ4v) is 1.84. The molecule has 0 aliphatic carbocycles. The van der Waals surface area contributed by atoms with E-state index in [1.165, 1.54) is 0 Å². The summed E-state index contributed by atoms with van der Waals surface area (Å²) < 4.78 is 0. The molecule has 0 saturated heterocycles. The fourth-order valence-electron chi connectivity index (χ4n) is 1.84. The second kappa shape index (κ2) is 4.71. The Labute approximate surface area is 110 Å². The van der Waals surface area contributed by atoms with E-state index in [0.717, 1.165) is 0 Å². The van der Waals surface area contributed by atoms with Crippen LogP contribution >= 0.6 is 0 Å². The van der Waals surface area contributed by atoms with Gasteiger partial charge in [-0.25, -0.2) is 4.98 Å². The molecule has 0 saturated carbocycles. The van der Waals surface area contributed by atoms with Gasteiger partial charge in [0.15, 0.2) is 11.5 Å². The van der Waals surface area contributed by atoms with Gasteiger partial charge in [-0.15, -0.1) is 0 Å². The van der Waals surface area contributed by atoms with E-state index in [2.05, 4.69) is 30.6 Å². The van der Waals surface area contributed by atoms with Crippen LogP contribution in [0, 0.1) is 0 Å². The summed E-state index contributed by atoms with van der Waals surface area (Å²) in [5, 5.41) is 6.06. The summed E-state index contributed by atoms with van der Waals surface area (Å²) in [4.78, 5) is 26.7. The van der Waals surface area contributed by atoms with Gasteiger partial charge in [0, 0.05) is 19.0 Å². The molecule has 0 bridgehead atoms. The van der Waals surface area contributed by atoms with Gasteiger partial charge in [0.2, 0.25) is 11.9 Å². The highest BCUT2D eigenvalue weighted by Gasteiger charge is 2.23. The molecule has 2 heterocycles. The van der Waals surface area contributed by atoms with Crippen molar-refractivity contribution in [3.63, 3.8) is 0 Å². The van der Waals surface area contributed by atoms with Crippen LogP contribution in [-0.2, 0) is 4.79 Å². The number of fused-ring (bicyclic) bond motifs is 1. The van der Waals surface area contributed by atoms with E-state index in [4.69, 9.17) is 5.73 Å². The number of nitrogens with one attached hydrogen (secondary N) is 3. The minimum atomic E-state index is -0.511. The van der Waals surface area contributed by atoms with Gasteiger partial charge in [0.25, 0.3) is 0 Å². The molecule has 2 aromatic heterocycles. The standard InChI is InChI=1S/C11H17N7O/c1-11(2,4-6(12)19)18-9-7-8(15-5-14-7)16-10(13-3)17-9/h5H,4H2,1-3H3,(H2,12,19)(H3,13,14,15,16,17,18). The zero-order valence-corrected chi connectivity index (χ0v) is 11.1. The van der Waals surface area contributed by atoms with Crippen LogP contribution in [0.5, 0.6) is 0 Å². The molecule has 8 nitrogen and oxygen atoms in total. The highest BCUT2D eigenvalue weighted by molar-refractivity contribution is 5.84. The van der Waals surface area contributed by atoms with Crippen LogP contribution in [0.2, 0.25) is 0 Å². The number of hydrogen-bond acceptors (Lipinski definition) is 6. The Bertz CT molecular complexity index is 604. The van der Waals surface area contributed by atoms with Crippen LogP contribution in [0.1, 0.15) is 20.3 Å². The summed E-state index contributed by atoms with van der Waals surface area (Å²) in [5.41, 5.74) is 5.97. The predicted octanol–water partition coefficient (Wildman–Crippen LogP) is 0.460. The van der Waals surface area contributed by atoms with Gasteiger partial charge < -0.3 is 21.4 Å². The summed E-state index contributed by atoms with van der Waals surface area (Å²) in [6.07, 6.45) is 1.74. The maximum atomic E-state index is 11.1. The molecule has 0 aromatic carbocycles. The van der Waals surface area contributed by atoms with Gasteiger partial charge in [-0.05, 0) is 13.8 Å². The van der Waals surface area contributed by atoms with Crippen LogP contribution < -0.4 is 16.4 Å². The first kappa shape index (κ1) is 13.1. The van der Waals surface area contributed by atoms with Crippen molar-refractivity contribution < 1.29 is 4.79 Å². The lowest BCUT2D eigenvalue weighted by molar-refractivity contribution is -0.118. The van der Waals surface area contributed by atoms with Crippen LogP contribution in [0.25, 0.3) is 11.2 Å². The second-order valence-corrected chi connectivity index (χ2v) is 4.90. The molecule has 0 atom stereocenters. The van der Waals surface area contributed by atoms with Crippen molar-refractivity contribution in [1.82, 2.24) is 19.9 Å². The zero-order chi connectivity index (χ0) is 14.0. The number of amides is 1. The SMILES string of the molecule is CNc1nc(NC(C)(C)CC(N)=O)c2[nH]cnc2n1. The number of nitrogens with zero attached hydrogens (tertiary/aromatic N) is 3. The first-order chi connectivity index (χ1) is 8.91. The Kier molecular flexibility index (Phi) is 3.24. The van der Waals surface area contributed by atoms with Crippen LogP contribution in [0.4, 0.5) is 11.8 Å². The average Bonchev–Trinajstić information content (AvgIpc) is 2.74. The number of primary amides is 1. The van der Waals surface area contributed by atoms with Crippen LogP contribution in [-0.4, -0.2) is 38.4 Å². The van der Waals surface area contributed by atoms with E-state index in [9.17, 15) is 4.79 Å². The van der Waals surface area contributed by atoms with E-state index in [1.54, 1.807) is 13.4 Å². The van der Waals surface area contributed by atoms with Gasteiger partial charge in [0.05, 0.1) is 6.33 Å². The number of H-pyrrole nitrogens is 1. The van der Waals surface area contributed by atoms with Gasteiger partial charge in [0.1, 0.15) is 5.52 Å². The number of anilines is 2. The van der Waals surface area contributed by atoms with Crippen molar-refractivity contribution in [1.29, 1.82) is 0 Å². The van der Waals surface area contributed by atoms with Crippen molar-refractivity contribution in [2.24, 2.45) is 5.73 Å². The lowest BCUT2D eigenvalue weighted by atomic mass is 10.0. The van der Waals surface area contributed by atoms with E-state index in [1.807, 2.05) is 13.8 Å². The molecule has 2 rings (SSSR count). The molecule has 0 spiro atoms. The van der Waals surface area contributed by atoms with E-state index < -0.39 is 5.54 Å². The number of aromatic amines is 1. The van der Waals surface area contributed by atoms with Crippen molar-refractivity contribution in [2.75, 3.05) is 17.7 Å². The van der Waals surface area contributed by atoms with Crippen molar-refractivity contribution in [3.8, 4) is 0 Å². The molecule has 2 aromatic rings. The number of carbonyl (C=O) groups is 1. The Morgan fingerprint density at radius 1 is 1.47 bits per heavy atom. The third kappa shape index (κ3) is 2.90. The monoisotopic (exact) mass is 263 g/mol. The highest BCUT2D eigenvalue weighted by Crippen LogP contribution is 2.23. The lowest BCUT2D eigenvalue weighted by Gasteiger charge is -2.25. The van der Waals surface area contributed by atoms with Gasteiger partial charge in [-0.1, -0.05) is 0 Å². The lowest BCUT2D eigenvalue weighted by Crippen LogP contribution is -2.36. The highest BCUT2D eigenvalue weighted by atomic mass is 16.1. The Morgan fingerprint density at radius 2 is 2.21 bits per heavy atom. The number of rotatable bonds is 5. The predicted molar refractivity (Wildman–Crippen MR) is 72.7 cm³/mol. The number of hydrogen-bond donors (Lipinski definition) is 4. The van der Waals surface area contributed by atoms with Crippen molar-refractivity contribution in [2.45, 2.75) is 25.8 Å². The number of nitrogens with two attached hydrogens (primary N) is 1. The van der Waals surface area contributed by atoms with E-state index in [-0.39, 0.29) is 12.3 Å². The minimum Gasteiger partial charge on any atom is -0.370 e. The third-order valence-corrected chi connectivity index (χ3v) is 2.58. The van der Waals surface area contributed by atoms with Crippen molar-refractivity contribution in [3.05, 3.63) is 6.33 Å². The second-order valence-electron chi connectivity index (χ2n) is 4.90. The molecule has 0 radical (unpaired) electrons. The molecule has 0 unspecified atom stereocenters. The van der Waals surface area contributed by atoms with Gasteiger partial charge >= 0.3 is 0 Å². The first-order valence-corrected chi connectivity index (χ1v) is 5.86. The topological polar surface area (TPSA) is 122 Å². The molecule has 5 N–H and O–H groups in total. The summed E-state index contributed by atoms with van der Waals surface area (Å²) >= 11 is 0. The largest absolute Gasteiger partial charge is 0.370 e. The molecular formula is C11H17N7O. The van der Waals surface area contributed by atoms with Crippen LogP contribution in [0.3, 0.4) is 0 Å². The maximum Gasteiger partial charge on any atom is 0.226 e. The summed E-state index contributed by atoms with van der Waals surface area (Å²) in [5.74, 6) is 0.663. The fraction of sp³-hybridized carbons (Fsp3) is 0.455. The molecule has 0 aliphatic heterocycles. The van der Waals surface area contributed by atoms with Gasteiger partial charge in [-0.2, -0.15) is 9.97 Å². The number of imidazole rings is 1. The zero-order valence-electron chi connectivity index (χ0n) is 11.1. The quantitative estimate of drug-likeness (QED) is 0.621. The Morgan fingerprint density at radius 3 is 2.84 bits per heavy atom. The molecule has 0 fully saturated rings. The molecule has 1 amide bonds. The van der Waals surface area contributed by atoms with Crippen LogP contribution in [0.15, 0.2) is 6.33 Å². The first-order valence-electron chi connectivity index (χ1n) is 5.86. The molecule has 0 aliphatic rings. The summed E-state index contributed by atoms with van der Waals surface area (Å²) in [6.45, 7) is 3.75. The Hall–Kier alpha value is -2.38. The molecular weight excluding hydrogens is 246 g/mol. The third-order valence-electron chi connectivity index (χ3n) is 2.58. The maximum absolute atomic E-state index is 11.1. The van der Waals surface area contributed by atoms with Gasteiger partial charge in [-0.3, -0.25) is 4.79 Å². The smallest absolute Gasteiger partial charge is 0.226 e. The number of aromatic nitrogens is 4. The van der Waals surface area contributed by atoms with Crippen molar-refractivity contribution >= 4 is 28.8 Å². The normalized spacial score (nSPS) is 11.5. The summed E-state index contributed by atoms with van der Waals surface area (Å²) in [6, 6.07) is 0. The molecule has 8 heteroatoms. The van der Waals surface area contributed by atoms with E-state index >= 15 is 0 Å². The minimum absolute atomic E-state index is 0.196. The Balaban J connectivity index is 2.38. The van der Waals surface area contributed by atoms with E-state index in [0.29, 0.717) is 22.9 Å². The molecule has 19 heavy (non-hydrogen) atoms. The average molecular weight is 263 g/mol. The number of carbonyl (C=O) groups excluding carboxylic acids is 1. The summed E-state index contributed by atoms with van der Waals surface area (Å²) in [7, 11) is 1.73.